The van der Waals surface area contributed by atoms with E-state index in [9.17, 15) is 22.8 Å². The van der Waals surface area contributed by atoms with Crippen LogP contribution in [0.5, 0.6) is 17.2 Å². The second-order valence-corrected chi connectivity index (χ2v) is 7.60. The molecule has 2 amide bonds. The van der Waals surface area contributed by atoms with Crippen LogP contribution in [-0.4, -0.2) is 37.0 Å². The molecule has 0 bridgehead atoms. The van der Waals surface area contributed by atoms with Crippen molar-refractivity contribution in [2.75, 3.05) is 25.5 Å². The fourth-order valence-corrected chi connectivity index (χ4v) is 3.16. The summed E-state index contributed by atoms with van der Waals surface area (Å²) in [7, 11) is 1.50. The first-order chi connectivity index (χ1) is 17.2. The summed E-state index contributed by atoms with van der Waals surface area (Å²) in [6.45, 7) is 0.264. The van der Waals surface area contributed by atoms with Crippen LogP contribution in [-0.2, 0) is 17.4 Å². The summed E-state index contributed by atoms with van der Waals surface area (Å²) >= 11 is 0. The van der Waals surface area contributed by atoms with Crippen LogP contribution in [0.2, 0.25) is 0 Å². The first-order valence-electron chi connectivity index (χ1n) is 11.0. The molecule has 190 valence electrons. The number of nitrogens with one attached hydrogen (secondary N) is 2. The maximum atomic E-state index is 13.1. The van der Waals surface area contributed by atoms with Crippen LogP contribution in [0.25, 0.3) is 0 Å². The third-order valence-corrected chi connectivity index (χ3v) is 4.95. The fourth-order valence-electron chi connectivity index (χ4n) is 3.16. The van der Waals surface area contributed by atoms with Crippen molar-refractivity contribution in [3.8, 4) is 17.2 Å². The number of pyridine rings is 1. The zero-order valence-corrected chi connectivity index (χ0v) is 19.4. The highest BCUT2D eigenvalue weighted by Crippen LogP contribution is 2.35. The molecule has 1 heterocycles. The third kappa shape index (κ3) is 7.44. The van der Waals surface area contributed by atoms with Gasteiger partial charge in [0.05, 0.1) is 11.3 Å². The molecule has 2 aromatic carbocycles. The summed E-state index contributed by atoms with van der Waals surface area (Å²) in [6.07, 6.45) is -2.72. The van der Waals surface area contributed by atoms with E-state index in [0.29, 0.717) is 17.9 Å². The molecule has 0 saturated heterocycles. The highest BCUT2D eigenvalue weighted by molar-refractivity contribution is 5.93. The molecule has 0 fully saturated rings. The van der Waals surface area contributed by atoms with Crippen molar-refractivity contribution in [1.82, 2.24) is 10.3 Å². The van der Waals surface area contributed by atoms with E-state index in [1.54, 1.807) is 30.3 Å². The second-order valence-electron chi connectivity index (χ2n) is 7.60. The predicted molar refractivity (Wildman–Crippen MR) is 127 cm³/mol. The van der Waals surface area contributed by atoms with Gasteiger partial charge >= 0.3 is 6.18 Å². The zero-order chi connectivity index (χ0) is 26.1. The van der Waals surface area contributed by atoms with Crippen LogP contribution in [0.1, 0.15) is 28.0 Å². The average molecular weight is 502 g/mol. The third-order valence-electron chi connectivity index (χ3n) is 4.95. The molecule has 0 atom stereocenters. The standard InChI is InChI=1S/C25H25F3N4O4/c1-30-24(34)21-15-19(10-12-31-21)36-18-6-2-16(3-7-18)4-9-23(33)32-20-14-17(25(26,27)28)5-8-22(20)35-13-11-29/h2-3,5-8,10,12,14-15H,4,9,11,13,29H2,1H3,(H,30,34)(H,32,33). The number of nitrogens with zero attached hydrogens (tertiary/aromatic N) is 1. The first-order valence-corrected chi connectivity index (χ1v) is 11.0. The summed E-state index contributed by atoms with van der Waals surface area (Å²) in [5.41, 5.74) is 5.47. The number of ether oxygens (including phenoxy) is 2. The first kappa shape index (κ1) is 26.5. The van der Waals surface area contributed by atoms with Crippen molar-refractivity contribution in [1.29, 1.82) is 0 Å². The van der Waals surface area contributed by atoms with Crippen molar-refractivity contribution < 1.29 is 32.2 Å². The number of aryl methyl sites for hydroxylation is 1. The molecule has 0 unspecified atom stereocenters. The lowest BCUT2D eigenvalue weighted by atomic mass is 10.1. The zero-order valence-electron chi connectivity index (χ0n) is 19.4. The number of aromatic nitrogens is 1. The molecule has 0 aliphatic heterocycles. The Hall–Kier alpha value is -4.12. The second kappa shape index (κ2) is 12.0. The molecule has 3 rings (SSSR count). The molecule has 0 radical (unpaired) electrons. The number of rotatable bonds is 10. The Morgan fingerprint density at radius 3 is 2.44 bits per heavy atom. The van der Waals surface area contributed by atoms with Crippen LogP contribution in [0.15, 0.2) is 60.8 Å². The number of benzene rings is 2. The van der Waals surface area contributed by atoms with E-state index in [1.165, 1.54) is 19.3 Å². The molecule has 11 heteroatoms. The van der Waals surface area contributed by atoms with Gasteiger partial charge in [-0.25, -0.2) is 0 Å². The Labute approximate surface area is 205 Å². The predicted octanol–water partition coefficient (Wildman–Crippen LogP) is 4.16. The Kier molecular flexibility index (Phi) is 8.85. The Morgan fingerprint density at radius 2 is 1.78 bits per heavy atom. The van der Waals surface area contributed by atoms with E-state index in [-0.39, 0.29) is 42.6 Å². The number of halogens is 3. The molecular weight excluding hydrogens is 477 g/mol. The van der Waals surface area contributed by atoms with Gasteiger partial charge in [-0.2, -0.15) is 13.2 Å². The van der Waals surface area contributed by atoms with Crippen molar-refractivity contribution in [3.05, 3.63) is 77.6 Å². The van der Waals surface area contributed by atoms with Gasteiger partial charge in [-0.1, -0.05) is 12.1 Å². The summed E-state index contributed by atoms with van der Waals surface area (Å²) < 4.78 is 50.4. The molecule has 0 spiro atoms. The van der Waals surface area contributed by atoms with E-state index < -0.39 is 17.6 Å². The number of amides is 2. The lowest BCUT2D eigenvalue weighted by Crippen LogP contribution is -2.18. The average Bonchev–Trinajstić information content (AvgIpc) is 2.86. The number of hydrogen-bond donors (Lipinski definition) is 3. The molecular formula is C25H25F3N4O4. The van der Waals surface area contributed by atoms with Gasteiger partial charge in [-0.3, -0.25) is 14.6 Å². The molecule has 8 nitrogen and oxygen atoms in total. The van der Waals surface area contributed by atoms with Crippen LogP contribution in [0.3, 0.4) is 0 Å². The number of nitrogens with two attached hydrogens (primary N) is 1. The normalized spacial score (nSPS) is 11.0. The highest BCUT2D eigenvalue weighted by atomic mass is 19.4. The van der Waals surface area contributed by atoms with Crippen LogP contribution >= 0.6 is 0 Å². The maximum absolute atomic E-state index is 13.1. The number of hydrogen-bond acceptors (Lipinski definition) is 6. The van der Waals surface area contributed by atoms with E-state index >= 15 is 0 Å². The van der Waals surface area contributed by atoms with Gasteiger partial charge in [0, 0.05) is 32.3 Å². The monoisotopic (exact) mass is 502 g/mol. The molecule has 0 aliphatic rings. The number of anilines is 1. The van der Waals surface area contributed by atoms with Gasteiger partial charge in [0.25, 0.3) is 5.91 Å². The SMILES string of the molecule is CNC(=O)c1cc(Oc2ccc(CCC(=O)Nc3cc(C(F)(F)F)ccc3OCCN)cc2)ccn1. The minimum absolute atomic E-state index is 0.0343. The lowest BCUT2D eigenvalue weighted by molar-refractivity contribution is -0.137. The van der Waals surface area contributed by atoms with Crippen molar-refractivity contribution in [2.45, 2.75) is 19.0 Å². The molecule has 0 aliphatic carbocycles. The maximum Gasteiger partial charge on any atom is 0.416 e. The number of carbonyl (C=O) groups is 2. The van der Waals surface area contributed by atoms with Gasteiger partial charge in [-0.05, 0) is 48.4 Å². The van der Waals surface area contributed by atoms with Gasteiger partial charge in [0.2, 0.25) is 5.91 Å². The summed E-state index contributed by atoms with van der Waals surface area (Å²) in [5.74, 6) is 0.259. The van der Waals surface area contributed by atoms with Gasteiger partial charge in [0.15, 0.2) is 0 Å². The van der Waals surface area contributed by atoms with Crippen LogP contribution < -0.4 is 25.8 Å². The van der Waals surface area contributed by atoms with E-state index in [1.807, 2.05) is 0 Å². The summed E-state index contributed by atoms with van der Waals surface area (Å²) in [5, 5.41) is 4.99. The Balaban J connectivity index is 1.60. The van der Waals surface area contributed by atoms with E-state index in [0.717, 1.165) is 23.8 Å². The van der Waals surface area contributed by atoms with Crippen molar-refractivity contribution in [3.63, 3.8) is 0 Å². The summed E-state index contributed by atoms with van der Waals surface area (Å²) in [4.78, 5) is 28.1. The highest BCUT2D eigenvalue weighted by Gasteiger charge is 2.31. The molecule has 0 saturated carbocycles. The van der Waals surface area contributed by atoms with Gasteiger partial charge in [-0.15, -0.1) is 0 Å². The van der Waals surface area contributed by atoms with Crippen LogP contribution in [0.4, 0.5) is 18.9 Å². The fraction of sp³-hybridized carbons (Fsp3) is 0.240. The molecule has 4 N–H and O–H groups in total. The summed E-state index contributed by atoms with van der Waals surface area (Å²) in [6, 6.07) is 13.0. The minimum Gasteiger partial charge on any atom is -0.490 e. The van der Waals surface area contributed by atoms with Crippen LogP contribution in [0, 0.1) is 0 Å². The number of carbonyl (C=O) groups excluding carboxylic acids is 2. The molecule has 1 aromatic heterocycles. The van der Waals surface area contributed by atoms with Crippen molar-refractivity contribution in [2.24, 2.45) is 5.73 Å². The number of alkyl halides is 3. The van der Waals surface area contributed by atoms with E-state index in [2.05, 4.69) is 15.6 Å². The largest absolute Gasteiger partial charge is 0.490 e. The Bertz CT molecular complexity index is 1200. The smallest absolute Gasteiger partial charge is 0.416 e. The quantitative estimate of drug-likeness (QED) is 0.384. The van der Waals surface area contributed by atoms with Gasteiger partial charge < -0.3 is 25.8 Å². The van der Waals surface area contributed by atoms with E-state index in [4.69, 9.17) is 15.2 Å². The van der Waals surface area contributed by atoms with Gasteiger partial charge in [0.1, 0.15) is 29.5 Å². The topological polar surface area (TPSA) is 116 Å². The minimum atomic E-state index is -4.56. The lowest BCUT2D eigenvalue weighted by Gasteiger charge is -2.15. The molecule has 36 heavy (non-hydrogen) atoms. The molecule has 3 aromatic rings. The Morgan fingerprint density at radius 1 is 1.03 bits per heavy atom. The van der Waals surface area contributed by atoms with Crippen molar-refractivity contribution >= 4 is 17.5 Å².